The van der Waals surface area contributed by atoms with Gasteiger partial charge in [0.25, 0.3) is 0 Å². The van der Waals surface area contributed by atoms with Crippen molar-refractivity contribution in [3.63, 3.8) is 0 Å². The van der Waals surface area contributed by atoms with Gasteiger partial charge in [0.15, 0.2) is 0 Å². The Morgan fingerprint density at radius 2 is 2.15 bits per heavy atom. The topological polar surface area (TPSA) is 20.2 Å². The summed E-state index contributed by atoms with van der Waals surface area (Å²) in [6.07, 6.45) is 3.15. The van der Waals surface area contributed by atoms with E-state index < -0.39 is 0 Å². The van der Waals surface area contributed by atoms with Gasteiger partial charge in [0, 0.05) is 0 Å². The molecule has 0 aliphatic carbocycles. The summed E-state index contributed by atoms with van der Waals surface area (Å²) in [7, 11) is 0. The van der Waals surface area contributed by atoms with Crippen molar-refractivity contribution in [2.45, 2.75) is 27.2 Å². The smallest absolute Gasteiger partial charge is 0.118 e. The van der Waals surface area contributed by atoms with Crippen LogP contribution in [0.1, 0.15) is 31.4 Å². The number of hydrogen-bond acceptors (Lipinski definition) is 1. The van der Waals surface area contributed by atoms with Crippen LogP contribution in [0.15, 0.2) is 24.3 Å². The first-order chi connectivity index (χ1) is 6.19. The second-order valence-corrected chi connectivity index (χ2v) is 3.17. The first-order valence-electron chi connectivity index (χ1n) is 4.64. The Labute approximate surface area is 79.7 Å². The molecule has 0 saturated carbocycles. The van der Waals surface area contributed by atoms with Gasteiger partial charge in [-0.1, -0.05) is 19.1 Å². The Balaban J connectivity index is 3.10. The van der Waals surface area contributed by atoms with Gasteiger partial charge in [-0.05, 0) is 49.1 Å². The normalized spacial score (nSPS) is 11.8. The van der Waals surface area contributed by atoms with Gasteiger partial charge in [0.1, 0.15) is 5.75 Å². The number of hydrogen-bond donors (Lipinski definition) is 1. The minimum absolute atomic E-state index is 0.371. The molecule has 0 unspecified atom stereocenters. The zero-order valence-corrected chi connectivity index (χ0v) is 8.46. The lowest BCUT2D eigenvalue weighted by Crippen LogP contribution is -1.84. The van der Waals surface area contributed by atoms with Crippen LogP contribution in [-0.2, 0) is 0 Å². The average Bonchev–Trinajstić information content (AvgIpc) is 2.13. The van der Waals surface area contributed by atoms with Crippen molar-refractivity contribution in [2.24, 2.45) is 0 Å². The molecule has 0 fully saturated rings. The molecular formula is C12H16O. The van der Waals surface area contributed by atoms with Gasteiger partial charge < -0.3 is 5.11 Å². The molecular weight excluding hydrogens is 160 g/mol. The number of phenolic OH excluding ortho intramolecular Hbond substituents is 1. The number of phenols is 1. The molecule has 0 aliphatic rings. The first kappa shape index (κ1) is 9.85. The van der Waals surface area contributed by atoms with Crippen LogP contribution in [0.4, 0.5) is 0 Å². The molecule has 1 heteroatoms. The van der Waals surface area contributed by atoms with Gasteiger partial charge >= 0.3 is 0 Å². The monoisotopic (exact) mass is 176 g/mol. The highest BCUT2D eigenvalue weighted by atomic mass is 16.3. The number of allylic oxidation sites excluding steroid dienone is 2. The van der Waals surface area contributed by atoms with E-state index in [-0.39, 0.29) is 0 Å². The van der Waals surface area contributed by atoms with E-state index in [0.29, 0.717) is 5.75 Å². The summed E-state index contributed by atoms with van der Waals surface area (Å²) in [6, 6.07) is 5.74. The van der Waals surface area contributed by atoms with E-state index >= 15 is 0 Å². The molecule has 70 valence electrons. The minimum atomic E-state index is 0.371. The van der Waals surface area contributed by atoms with Crippen LogP contribution < -0.4 is 0 Å². The number of aromatic hydroxyl groups is 1. The average molecular weight is 176 g/mol. The zero-order valence-electron chi connectivity index (χ0n) is 8.46. The highest BCUT2D eigenvalue weighted by molar-refractivity contribution is 5.66. The third-order valence-electron chi connectivity index (χ3n) is 2.30. The van der Waals surface area contributed by atoms with Crippen LogP contribution in [0.3, 0.4) is 0 Å². The molecule has 13 heavy (non-hydrogen) atoms. The van der Waals surface area contributed by atoms with Gasteiger partial charge in [-0.15, -0.1) is 0 Å². The van der Waals surface area contributed by atoms with Crippen molar-refractivity contribution < 1.29 is 5.11 Å². The van der Waals surface area contributed by atoms with Crippen LogP contribution in [0, 0.1) is 6.92 Å². The highest BCUT2D eigenvalue weighted by Crippen LogP contribution is 2.23. The number of rotatable bonds is 2. The van der Waals surface area contributed by atoms with E-state index in [9.17, 15) is 5.11 Å². The van der Waals surface area contributed by atoms with Crippen LogP contribution in [0.25, 0.3) is 5.57 Å². The zero-order chi connectivity index (χ0) is 9.84. The van der Waals surface area contributed by atoms with E-state index in [1.54, 1.807) is 6.07 Å². The van der Waals surface area contributed by atoms with Crippen molar-refractivity contribution in [3.8, 4) is 5.75 Å². The number of aryl methyl sites for hydroxylation is 1. The van der Waals surface area contributed by atoms with Gasteiger partial charge in [0.2, 0.25) is 0 Å². The standard InChI is InChI=1S/C12H16O/c1-4-10(5-2)11-6-7-12(13)9(3)8-11/h4,6-8,13H,5H2,1-3H3. The molecule has 1 aromatic rings. The van der Waals surface area contributed by atoms with Crippen molar-refractivity contribution in [2.75, 3.05) is 0 Å². The fraction of sp³-hybridized carbons (Fsp3) is 0.333. The van der Waals surface area contributed by atoms with Gasteiger partial charge in [-0.2, -0.15) is 0 Å². The van der Waals surface area contributed by atoms with E-state index in [1.807, 2.05) is 26.0 Å². The second kappa shape index (κ2) is 4.13. The van der Waals surface area contributed by atoms with Crippen LogP contribution in [-0.4, -0.2) is 5.11 Å². The van der Waals surface area contributed by atoms with Crippen molar-refractivity contribution in [1.29, 1.82) is 0 Å². The third kappa shape index (κ3) is 2.11. The lowest BCUT2D eigenvalue weighted by atomic mass is 10.0. The minimum Gasteiger partial charge on any atom is -0.508 e. The van der Waals surface area contributed by atoms with Gasteiger partial charge in [0.05, 0.1) is 0 Å². The SMILES string of the molecule is CC=C(CC)c1ccc(O)c(C)c1. The molecule has 0 heterocycles. The summed E-state index contributed by atoms with van der Waals surface area (Å²) < 4.78 is 0. The predicted octanol–water partition coefficient (Wildman–Crippen LogP) is 3.51. The van der Waals surface area contributed by atoms with Crippen molar-refractivity contribution in [3.05, 3.63) is 35.4 Å². The summed E-state index contributed by atoms with van der Waals surface area (Å²) in [5, 5.41) is 9.35. The van der Waals surface area contributed by atoms with Crippen LogP contribution >= 0.6 is 0 Å². The molecule has 0 aromatic heterocycles. The molecule has 0 radical (unpaired) electrons. The maximum atomic E-state index is 9.35. The fourth-order valence-corrected chi connectivity index (χ4v) is 1.43. The maximum absolute atomic E-state index is 9.35. The Kier molecular flexibility index (Phi) is 3.13. The summed E-state index contributed by atoms with van der Waals surface area (Å²) >= 11 is 0. The summed E-state index contributed by atoms with van der Waals surface area (Å²) in [6.45, 7) is 6.10. The first-order valence-corrected chi connectivity index (χ1v) is 4.64. The van der Waals surface area contributed by atoms with Crippen molar-refractivity contribution in [1.82, 2.24) is 0 Å². The van der Waals surface area contributed by atoms with Crippen molar-refractivity contribution >= 4 is 5.57 Å². The second-order valence-electron chi connectivity index (χ2n) is 3.17. The Morgan fingerprint density at radius 3 is 2.62 bits per heavy atom. The lowest BCUT2D eigenvalue weighted by Gasteiger charge is -2.06. The maximum Gasteiger partial charge on any atom is 0.118 e. The van der Waals surface area contributed by atoms with E-state index in [4.69, 9.17) is 0 Å². The van der Waals surface area contributed by atoms with Gasteiger partial charge in [-0.25, -0.2) is 0 Å². The molecule has 0 aliphatic heterocycles. The molecule has 1 rings (SSSR count). The summed E-state index contributed by atoms with van der Waals surface area (Å²) in [5.74, 6) is 0.371. The molecule has 0 atom stereocenters. The number of benzene rings is 1. The highest BCUT2D eigenvalue weighted by Gasteiger charge is 2.00. The summed E-state index contributed by atoms with van der Waals surface area (Å²) in [4.78, 5) is 0. The van der Waals surface area contributed by atoms with Gasteiger partial charge in [-0.3, -0.25) is 0 Å². The largest absolute Gasteiger partial charge is 0.508 e. The van der Waals surface area contributed by atoms with Crippen LogP contribution in [0.5, 0.6) is 5.75 Å². The molecule has 0 bridgehead atoms. The van der Waals surface area contributed by atoms with E-state index in [1.165, 1.54) is 11.1 Å². The Hall–Kier alpha value is -1.24. The predicted molar refractivity (Wildman–Crippen MR) is 56.8 cm³/mol. The van der Waals surface area contributed by atoms with Crippen LogP contribution in [0.2, 0.25) is 0 Å². The van der Waals surface area contributed by atoms with E-state index in [0.717, 1.165) is 12.0 Å². The molecule has 1 nitrogen and oxygen atoms in total. The molecule has 0 amide bonds. The van der Waals surface area contributed by atoms with E-state index in [2.05, 4.69) is 13.0 Å². The quantitative estimate of drug-likeness (QED) is 0.731. The fourth-order valence-electron chi connectivity index (χ4n) is 1.43. The molecule has 0 saturated heterocycles. The Morgan fingerprint density at radius 1 is 1.46 bits per heavy atom. The molecule has 0 spiro atoms. The lowest BCUT2D eigenvalue weighted by molar-refractivity contribution is 0.471. The summed E-state index contributed by atoms with van der Waals surface area (Å²) in [5.41, 5.74) is 3.47. The Bertz CT molecular complexity index is 324. The molecule has 1 aromatic carbocycles. The third-order valence-corrected chi connectivity index (χ3v) is 2.30. The molecule has 1 N–H and O–H groups in total.